The molecule has 0 aromatic rings. The van der Waals surface area contributed by atoms with Crippen molar-refractivity contribution in [1.82, 2.24) is 5.32 Å². The second-order valence-electron chi connectivity index (χ2n) is 12.5. The first-order chi connectivity index (χ1) is 17.6. The van der Waals surface area contributed by atoms with Gasteiger partial charge in [-0.15, -0.1) is 0 Å². The average molecular weight is 519 g/mol. The van der Waals surface area contributed by atoms with Crippen LogP contribution in [0.5, 0.6) is 0 Å². The zero-order valence-electron chi connectivity index (χ0n) is 21.9. The van der Waals surface area contributed by atoms with Gasteiger partial charge in [-0.25, -0.2) is 4.79 Å². The Labute approximate surface area is 218 Å². The number of fused-ring (bicyclic) bond motifs is 3. The van der Waals surface area contributed by atoms with E-state index in [1.165, 1.54) is 0 Å². The number of ketones is 1. The number of carbonyl (C=O) groups is 3. The minimum absolute atomic E-state index is 0.00528. The first-order valence-corrected chi connectivity index (χ1v) is 14.0. The van der Waals surface area contributed by atoms with Gasteiger partial charge in [0.2, 0.25) is 0 Å². The molecule has 0 aromatic carbocycles. The van der Waals surface area contributed by atoms with Crippen molar-refractivity contribution in [3.05, 3.63) is 11.6 Å². The molecule has 0 aromatic heterocycles. The molecule has 5 rings (SSSR count). The zero-order chi connectivity index (χ0) is 26.5. The van der Waals surface area contributed by atoms with Crippen LogP contribution in [0.15, 0.2) is 11.6 Å². The topological polar surface area (TPSA) is 148 Å². The number of aliphatic hydroxyl groups excluding tert-OH is 1. The molecular weight excluding hydrogens is 476 g/mol. The van der Waals surface area contributed by atoms with Crippen molar-refractivity contribution >= 4 is 17.8 Å². The quantitative estimate of drug-likeness (QED) is 0.378. The van der Waals surface area contributed by atoms with Crippen LogP contribution in [0, 0.1) is 52.8 Å². The Bertz CT molecular complexity index is 951. The lowest BCUT2D eigenvalue weighted by molar-refractivity contribution is -0.215. The van der Waals surface area contributed by atoms with E-state index < -0.39 is 41.5 Å². The van der Waals surface area contributed by atoms with Crippen LogP contribution >= 0.6 is 0 Å². The lowest BCUT2D eigenvalue weighted by Gasteiger charge is -2.62. The molecule has 1 saturated heterocycles. The van der Waals surface area contributed by atoms with Gasteiger partial charge >= 0.3 is 12.0 Å². The fourth-order valence-electron chi connectivity index (χ4n) is 9.05. The largest absolute Gasteiger partial charge is 0.481 e. The lowest BCUT2D eigenvalue weighted by Crippen LogP contribution is -2.64. The molecule has 37 heavy (non-hydrogen) atoms. The lowest BCUT2D eigenvalue weighted by atomic mass is 9.45. The number of carboxylic acids is 1. The summed E-state index contributed by atoms with van der Waals surface area (Å²) in [5.74, 6) is -1.10. The third-order valence-electron chi connectivity index (χ3n) is 10.2. The second kappa shape index (κ2) is 10.3. The molecule has 4 fully saturated rings. The standard InChI is InChI=1S/C28H42N2O7/c1-14(2)9-15-3-4-17-16-5-6-19-18-12-36-13-28(19,11-22(32)25(18)37-8-7-30-27(29)35)20(16)10-21(31)24(17)23(15)26(33)34/h10,14-19,22-25,32H,3-9,11-13H2,1-2H3,(H,33,34)(H3,29,30,35)/t15?,16?,17?,18?,19?,22-,23?,24?,25-,28+/m1/s1. The zero-order valence-corrected chi connectivity index (χ0v) is 21.9. The van der Waals surface area contributed by atoms with Gasteiger partial charge in [0.05, 0.1) is 37.9 Å². The van der Waals surface area contributed by atoms with Crippen LogP contribution in [0.4, 0.5) is 4.79 Å². The molecule has 10 atom stereocenters. The van der Waals surface area contributed by atoms with E-state index >= 15 is 0 Å². The number of aliphatic carboxylic acids is 1. The Balaban J connectivity index is 1.41. The second-order valence-corrected chi connectivity index (χ2v) is 12.5. The summed E-state index contributed by atoms with van der Waals surface area (Å²) in [6.07, 6.45) is 5.57. The Morgan fingerprint density at radius 3 is 2.73 bits per heavy atom. The summed E-state index contributed by atoms with van der Waals surface area (Å²) in [6, 6.07) is -0.610. The number of amides is 2. The molecule has 3 saturated carbocycles. The van der Waals surface area contributed by atoms with Crippen LogP contribution < -0.4 is 11.1 Å². The maximum absolute atomic E-state index is 13.7. The van der Waals surface area contributed by atoms with Gasteiger partial charge < -0.3 is 30.7 Å². The molecule has 4 aliphatic carbocycles. The van der Waals surface area contributed by atoms with Gasteiger partial charge in [0.1, 0.15) is 0 Å². The van der Waals surface area contributed by atoms with Crippen molar-refractivity contribution in [2.75, 3.05) is 26.4 Å². The van der Waals surface area contributed by atoms with Gasteiger partial charge in [-0.3, -0.25) is 9.59 Å². The number of rotatable bonds is 7. The summed E-state index contributed by atoms with van der Waals surface area (Å²) in [4.78, 5) is 37.2. The van der Waals surface area contributed by atoms with Gasteiger partial charge in [-0.05, 0) is 74.2 Å². The van der Waals surface area contributed by atoms with Crippen molar-refractivity contribution in [2.45, 2.75) is 64.6 Å². The monoisotopic (exact) mass is 518 g/mol. The normalized spacial score (nSPS) is 42.8. The Kier molecular flexibility index (Phi) is 7.41. The predicted octanol–water partition coefficient (Wildman–Crippen LogP) is 2.36. The van der Waals surface area contributed by atoms with Crippen LogP contribution in [-0.4, -0.2) is 66.6 Å². The van der Waals surface area contributed by atoms with E-state index in [0.29, 0.717) is 25.6 Å². The summed E-state index contributed by atoms with van der Waals surface area (Å²) in [7, 11) is 0. The maximum Gasteiger partial charge on any atom is 0.312 e. The molecule has 9 nitrogen and oxygen atoms in total. The number of primary amides is 1. The minimum Gasteiger partial charge on any atom is -0.481 e. The molecule has 2 bridgehead atoms. The van der Waals surface area contributed by atoms with Crippen LogP contribution in [-0.2, 0) is 19.1 Å². The number of aliphatic hydroxyl groups is 1. The number of ether oxygens (including phenoxy) is 2. The van der Waals surface area contributed by atoms with Gasteiger partial charge in [-0.2, -0.15) is 0 Å². The van der Waals surface area contributed by atoms with Crippen molar-refractivity contribution < 1.29 is 34.1 Å². The minimum atomic E-state index is -0.836. The van der Waals surface area contributed by atoms with Gasteiger partial charge in [0, 0.05) is 23.8 Å². The first kappa shape index (κ1) is 26.6. The van der Waals surface area contributed by atoms with E-state index in [9.17, 15) is 24.6 Å². The number of nitrogens with two attached hydrogens (primary N) is 1. The summed E-state index contributed by atoms with van der Waals surface area (Å²) in [6.45, 7) is 5.73. The number of hydrogen-bond donors (Lipinski definition) is 4. The smallest absolute Gasteiger partial charge is 0.312 e. The molecule has 2 amide bonds. The fraction of sp³-hybridized carbons (Fsp3) is 0.821. The predicted molar refractivity (Wildman–Crippen MR) is 134 cm³/mol. The maximum atomic E-state index is 13.7. The van der Waals surface area contributed by atoms with Crippen LogP contribution in [0.25, 0.3) is 0 Å². The molecule has 7 unspecified atom stereocenters. The van der Waals surface area contributed by atoms with Crippen molar-refractivity contribution in [3.63, 3.8) is 0 Å². The fourth-order valence-corrected chi connectivity index (χ4v) is 9.05. The number of nitrogens with one attached hydrogen (secondary N) is 1. The summed E-state index contributed by atoms with van der Waals surface area (Å²) in [5, 5.41) is 24.0. The highest BCUT2D eigenvalue weighted by Gasteiger charge is 2.63. The van der Waals surface area contributed by atoms with Gasteiger partial charge in [-0.1, -0.05) is 19.4 Å². The number of carboxylic acid groups (broad SMARTS) is 1. The highest BCUT2D eigenvalue weighted by molar-refractivity contribution is 5.97. The molecule has 1 aliphatic heterocycles. The van der Waals surface area contributed by atoms with E-state index in [4.69, 9.17) is 15.2 Å². The molecule has 206 valence electrons. The van der Waals surface area contributed by atoms with Crippen molar-refractivity contribution in [1.29, 1.82) is 0 Å². The van der Waals surface area contributed by atoms with Crippen LogP contribution in [0.2, 0.25) is 0 Å². The van der Waals surface area contributed by atoms with E-state index in [0.717, 1.165) is 37.7 Å². The third-order valence-corrected chi connectivity index (χ3v) is 10.2. The van der Waals surface area contributed by atoms with Gasteiger partial charge in [0.25, 0.3) is 0 Å². The SMILES string of the molecule is CC(C)CC1CCC2C3CCC4C5COC[C@]4(C[C@@H](O)[C@@H]5OCCNC(N)=O)C3=CC(=O)C2C1C(=O)O. The Morgan fingerprint density at radius 2 is 2.03 bits per heavy atom. The molecular formula is C28H42N2O7. The number of hydrogen-bond acceptors (Lipinski definition) is 6. The van der Waals surface area contributed by atoms with E-state index in [1.54, 1.807) is 6.08 Å². The highest BCUT2D eigenvalue weighted by atomic mass is 16.5. The summed E-state index contributed by atoms with van der Waals surface area (Å²) >= 11 is 0. The van der Waals surface area contributed by atoms with Crippen molar-refractivity contribution in [3.8, 4) is 0 Å². The van der Waals surface area contributed by atoms with E-state index in [2.05, 4.69) is 19.2 Å². The average Bonchev–Trinajstić information content (AvgIpc) is 2.82. The Morgan fingerprint density at radius 1 is 1.24 bits per heavy atom. The third kappa shape index (κ3) is 4.61. The molecule has 0 spiro atoms. The molecule has 5 N–H and O–H groups in total. The number of allylic oxidation sites excluding steroid dienone is 1. The molecule has 1 heterocycles. The highest BCUT2D eigenvalue weighted by Crippen LogP contribution is 2.64. The summed E-state index contributed by atoms with van der Waals surface area (Å²) in [5.41, 5.74) is 5.82. The van der Waals surface area contributed by atoms with E-state index in [1.807, 2.05) is 0 Å². The number of carbonyl (C=O) groups excluding carboxylic acids is 2. The van der Waals surface area contributed by atoms with E-state index in [-0.39, 0.29) is 48.5 Å². The van der Waals surface area contributed by atoms with Crippen LogP contribution in [0.1, 0.15) is 52.4 Å². The van der Waals surface area contributed by atoms with Gasteiger partial charge in [0.15, 0.2) is 5.78 Å². The molecule has 5 aliphatic rings. The van der Waals surface area contributed by atoms with Crippen LogP contribution in [0.3, 0.4) is 0 Å². The molecule has 0 radical (unpaired) electrons. The van der Waals surface area contributed by atoms with Crippen molar-refractivity contribution in [2.24, 2.45) is 58.5 Å². The summed E-state index contributed by atoms with van der Waals surface area (Å²) < 4.78 is 12.2. The Hall–Kier alpha value is -1.97. The number of urea groups is 1. The molecule has 9 heteroatoms. The first-order valence-electron chi connectivity index (χ1n) is 14.0.